The van der Waals surface area contributed by atoms with Gasteiger partial charge in [0.1, 0.15) is 0 Å². The van der Waals surface area contributed by atoms with Crippen LogP contribution in [-0.4, -0.2) is 34.3 Å². The summed E-state index contributed by atoms with van der Waals surface area (Å²) in [5, 5.41) is 7.81. The summed E-state index contributed by atoms with van der Waals surface area (Å²) >= 11 is 0. The lowest BCUT2D eigenvalue weighted by atomic mass is 9.93. The maximum Gasteiger partial charge on any atom is 0.0597 e. The van der Waals surface area contributed by atoms with Gasteiger partial charge in [0.05, 0.1) is 11.4 Å². The largest absolute Gasteiger partial charge is 0.318 e. The molecular formula is C17H24N4. The van der Waals surface area contributed by atoms with Gasteiger partial charge in [-0.25, -0.2) is 0 Å². The Morgan fingerprint density at radius 1 is 1.29 bits per heavy atom. The van der Waals surface area contributed by atoms with E-state index in [2.05, 4.69) is 52.6 Å². The molecule has 1 aromatic heterocycles. The van der Waals surface area contributed by atoms with E-state index in [0.29, 0.717) is 6.04 Å². The molecule has 0 radical (unpaired) electrons. The molecule has 0 bridgehead atoms. The van der Waals surface area contributed by atoms with Crippen molar-refractivity contribution in [2.75, 3.05) is 13.6 Å². The van der Waals surface area contributed by atoms with Gasteiger partial charge in [0.2, 0.25) is 0 Å². The van der Waals surface area contributed by atoms with Crippen LogP contribution >= 0.6 is 0 Å². The summed E-state index contributed by atoms with van der Waals surface area (Å²) in [6.07, 6.45) is 1.12. The van der Waals surface area contributed by atoms with Crippen LogP contribution in [0.4, 0.5) is 0 Å². The molecule has 1 atom stereocenters. The molecule has 1 unspecified atom stereocenters. The SMILES string of the molecule is CNCC1Cc2ccccc2CN1Cc1cc(C)nn1C. The summed E-state index contributed by atoms with van der Waals surface area (Å²) in [5.74, 6) is 0. The van der Waals surface area contributed by atoms with Crippen molar-refractivity contribution in [1.29, 1.82) is 0 Å². The summed E-state index contributed by atoms with van der Waals surface area (Å²) in [4.78, 5) is 2.56. The van der Waals surface area contributed by atoms with E-state index >= 15 is 0 Å². The number of benzene rings is 1. The molecule has 1 N–H and O–H groups in total. The molecule has 21 heavy (non-hydrogen) atoms. The monoisotopic (exact) mass is 284 g/mol. The first-order valence-electron chi connectivity index (χ1n) is 7.62. The second kappa shape index (κ2) is 6.00. The zero-order chi connectivity index (χ0) is 14.8. The first-order valence-corrected chi connectivity index (χ1v) is 7.62. The summed E-state index contributed by atoms with van der Waals surface area (Å²) in [7, 11) is 4.07. The molecule has 3 rings (SSSR count). The average Bonchev–Trinajstić information content (AvgIpc) is 2.78. The van der Waals surface area contributed by atoms with E-state index in [-0.39, 0.29) is 0 Å². The number of hydrogen-bond donors (Lipinski definition) is 1. The third-order valence-electron chi connectivity index (χ3n) is 4.37. The summed E-state index contributed by atoms with van der Waals surface area (Å²) in [5.41, 5.74) is 5.34. The van der Waals surface area contributed by atoms with Gasteiger partial charge in [-0.3, -0.25) is 9.58 Å². The van der Waals surface area contributed by atoms with Crippen LogP contribution in [0.3, 0.4) is 0 Å². The van der Waals surface area contributed by atoms with Crippen molar-refractivity contribution in [3.8, 4) is 0 Å². The molecular weight excluding hydrogens is 260 g/mol. The topological polar surface area (TPSA) is 33.1 Å². The zero-order valence-electron chi connectivity index (χ0n) is 13.1. The van der Waals surface area contributed by atoms with Crippen molar-refractivity contribution in [2.45, 2.75) is 32.5 Å². The standard InChI is InChI=1S/C17H24N4/c1-13-8-17(20(3)19-13)12-21-11-15-7-5-4-6-14(15)9-16(21)10-18-2/h4-8,16,18H,9-12H2,1-3H3. The third-order valence-corrected chi connectivity index (χ3v) is 4.37. The first-order chi connectivity index (χ1) is 10.2. The number of aryl methyl sites for hydroxylation is 2. The minimum atomic E-state index is 0.542. The highest BCUT2D eigenvalue weighted by atomic mass is 15.3. The second-order valence-electron chi connectivity index (χ2n) is 5.99. The van der Waals surface area contributed by atoms with E-state index in [4.69, 9.17) is 0 Å². The molecule has 4 nitrogen and oxygen atoms in total. The fourth-order valence-corrected chi connectivity index (χ4v) is 3.28. The van der Waals surface area contributed by atoms with E-state index in [1.807, 2.05) is 18.8 Å². The van der Waals surface area contributed by atoms with Crippen molar-refractivity contribution in [2.24, 2.45) is 7.05 Å². The van der Waals surface area contributed by atoms with E-state index in [1.54, 1.807) is 0 Å². The Balaban J connectivity index is 1.83. The maximum absolute atomic E-state index is 4.47. The van der Waals surface area contributed by atoms with Gasteiger partial charge in [-0.15, -0.1) is 0 Å². The van der Waals surface area contributed by atoms with Gasteiger partial charge in [-0.2, -0.15) is 5.10 Å². The molecule has 0 spiro atoms. The molecule has 112 valence electrons. The highest BCUT2D eigenvalue weighted by Gasteiger charge is 2.26. The average molecular weight is 284 g/mol. The molecule has 1 aliphatic rings. The fourth-order valence-electron chi connectivity index (χ4n) is 3.28. The van der Waals surface area contributed by atoms with Gasteiger partial charge in [0.25, 0.3) is 0 Å². The van der Waals surface area contributed by atoms with Crippen LogP contribution < -0.4 is 5.32 Å². The highest BCUT2D eigenvalue weighted by molar-refractivity contribution is 5.30. The Hall–Kier alpha value is -1.65. The number of nitrogens with zero attached hydrogens (tertiary/aromatic N) is 3. The smallest absolute Gasteiger partial charge is 0.0597 e. The van der Waals surface area contributed by atoms with Crippen molar-refractivity contribution < 1.29 is 0 Å². The molecule has 0 saturated carbocycles. The number of rotatable bonds is 4. The lowest BCUT2D eigenvalue weighted by Crippen LogP contribution is -2.45. The Labute approximate surface area is 126 Å². The Morgan fingerprint density at radius 2 is 2.05 bits per heavy atom. The predicted molar refractivity (Wildman–Crippen MR) is 85.1 cm³/mol. The van der Waals surface area contributed by atoms with Crippen molar-refractivity contribution in [3.63, 3.8) is 0 Å². The molecule has 4 heteroatoms. The van der Waals surface area contributed by atoms with Crippen LogP contribution in [0, 0.1) is 6.92 Å². The molecule has 0 fully saturated rings. The second-order valence-corrected chi connectivity index (χ2v) is 5.99. The molecule has 1 aromatic carbocycles. The van der Waals surface area contributed by atoms with Crippen LogP contribution in [0.2, 0.25) is 0 Å². The number of hydrogen-bond acceptors (Lipinski definition) is 3. The van der Waals surface area contributed by atoms with Crippen LogP contribution in [0.25, 0.3) is 0 Å². The van der Waals surface area contributed by atoms with Crippen LogP contribution in [0.5, 0.6) is 0 Å². The summed E-state index contributed by atoms with van der Waals surface area (Å²) in [6, 6.07) is 11.5. The molecule has 2 aromatic rings. The fraction of sp³-hybridized carbons (Fsp3) is 0.471. The Bertz CT molecular complexity index is 617. The molecule has 1 aliphatic heterocycles. The van der Waals surface area contributed by atoms with E-state index in [9.17, 15) is 0 Å². The minimum absolute atomic E-state index is 0.542. The van der Waals surface area contributed by atoms with Crippen molar-refractivity contribution in [3.05, 3.63) is 52.8 Å². The van der Waals surface area contributed by atoms with Gasteiger partial charge in [-0.1, -0.05) is 24.3 Å². The van der Waals surface area contributed by atoms with Crippen molar-refractivity contribution in [1.82, 2.24) is 20.0 Å². The van der Waals surface area contributed by atoms with Gasteiger partial charge in [0, 0.05) is 32.7 Å². The quantitative estimate of drug-likeness (QED) is 0.930. The molecule has 0 amide bonds. The van der Waals surface area contributed by atoms with E-state index in [1.165, 1.54) is 16.8 Å². The lowest BCUT2D eigenvalue weighted by molar-refractivity contribution is 0.157. The number of likely N-dealkylation sites (N-methyl/N-ethyl adjacent to an activating group) is 1. The van der Waals surface area contributed by atoms with Gasteiger partial charge < -0.3 is 5.32 Å². The van der Waals surface area contributed by atoms with E-state index in [0.717, 1.165) is 31.7 Å². The first kappa shape index (κ1) is 14.3. The predicted octanol–water partition coefficient (Wildman–Crippen LogP) is 1.87. The highest BCUT2D eigenvalue weighted by Crippen LogP contribution is 2.24. The number of nitrogens with one attached hydrogen (secondary N) is 1. The minimum Gasteiger partial charge on any atom is -0.318 e. The number of aromatic nitrogens is 2. The Morgan fingerprint density at radius 3 is 2.71 bits per heavy atom. The Kier molecular flexibility index (Phi) is 4.08. The van der Waals surface area contributed by atoms with Crippen LogP contribution in [0.1, 0.15) is 22.5 Å². The number of fused-ring (bicyclic) bond motifs is 1. The summed E-state index contributed by atoms with van der Waals surface area (Å²) in [6.45, 7) is 5.05. The molecule has 0 aliphatic carbocycles. The zero-order valence-corrected chi connectivity index (χ0v) is 13.1. The summed E-state index contributed by atoms with van der Waals surface area (Å²) < 4.78 is 2.01. The van der Waals surface area contributed by atoms with Crippen LogP contribution in [0.15, 0.2) is 30.3 Å². The van der Waals surface area contributed by atoms with Gasteiger partial charge in [0.15, 0.2) is 0 Å². The molecule has 0 saturated heterocycles. The normalized spacial score (nSPS) is 18.7. The lowest BCUT2D eigenvalue weighted by Gasteiger charge is -2.36. The van der Waals surface area contributed by atoms with Gasteiger partial charge in [-0.05, 0) is 37.6 Å². The van der Waals surface area contributed by atoms with Gasteiger partial charge >= 0.3 is 0 Å². The van der Waals surface area contributed by atoms with E-state index < -0.39 is 0 Å². The third kappa shape index (κ3) is 3.01. The van der Waals surface area contributed by atoms with Crippen molar-refractivity contribution >= 4 is 0 Å². The maximum atomic E-state index is 4.47. The molecule has 2 heterocycles. The van der Waals surface area contributed by atoms with Crippen LogP contribution in [-0.2, 0) is 26.6 Å².